The van der Waals surface area contributed by atoms with Crippen molar-refractivity contribution in [3.05, 3.63) is 59.2 Å². The molecule has 1 saturated heterocycles. The second kappa shape index (κ2) is 10.3. The molecule has 1 aliphatic rings. The number of carbonyl (C=O) groups is 1. The van der Waals surface area contributed by atoms with Gasteiger partial charge in [0, 0.05) is 39.3 Å². The summed E-state index contributed by atoms with van der Waals surface area (Å²) in [7, 11) is 3.30. The van der Waals surface area contributed by atoms with Gasteiger partial charge in [-0.15, -0.1) is 0 Å². The number of ether oxygens (including phenoxy) is 2. The molecule has 0 spiro atoms. The maximum Gasteiger partial charge on any atom is 0.234 e. The first-order valence-electron chi connectivity index (χ1n) is 10.1. The largest absolute Gasteiger partial charge is 0.493 e. The van der Waals surface area contributed by atoms with Crippen LogP contribution in [0, 0.1) is 6.92 Å². The van der Waals surface area contributed by atoms with E-state index in [-0.39, 0.29) is 5.91 Å². The molecule has 0 aromatic heterocycles. The molecule has 0 unspecified atom stereocenters. The van der Waals surface area contributed by atoms with Gasteiger partial charge < -0.3 is 14.8 Å². The molecule has 29 heavy (non-hydrogen) atoms. The molecule has 1 N–H and O–H groups in total. The minimum atomic E-state index is 0.0848. The number of piperazine rings is 1. The second-order valence-electron chi connectivity index (χ2n) is 7.44. The maximum absolute atomic E-state index is 12.3. The van der Waals surface area contributed by atoms with E-state index in [1.165, 1.54) is 16.7 Å². The van der Waals surface area contributed by atoms with E-state index >= 15 is 0 Å². The third-order valence-corrected chi connectivity index (χ3v) is 5.42. The third-order valence-electron chi connectivity index (χ3n) is 5.42. The van der Waals surface area contributed by atoms with Gasteiger partial charge in [-0.25, -0.2) is 0 Å². The van der Waals surface area contributed by atoms with Crippen molar-refractivity contribution in [1.82, 2.24) is 15.1 Å². The van der Waals surface area contributed by atoms with Crippen molar-refractivity contribution in [3.8, 4) is 11.5 Å². The van der Waals surface area contributed by atoms with Crippen LogP contribution < -0.4 is 14.8 Å². The van der Waals surface area contributed by atoms with Crippen molar-refractivity contribution < 1.29 is 14.3 Å². The van der Waals surface area contributed by atoms with Crippen LogP contribution in [0.4, 0.5) is 0 Å². The molecule has 2 aromatic carbocycles. The Kier molecular flexibility index (Phi) is 7.49. The summed E-state index contributed by atoms with van der Waals surface area (Å²) in [6, 6.07) is 14.2. The second-order valence-corrected chi connectivity index (χ2v) is 7.44. The van der Waals surface area contributed by atoms with E-state index in [4.69, 9.17) is 9.47 Å². The molecule has 0 atom stereocenters. The molecule has 1 amide bonds. The molecule has 156 valence electrons. The van der Waals surface area contributed by atoms with Crippen molar-refractivity contribution in [2.75, 3.05) is 46.9 Å². The highest BCUT2D eigenvalue weighted by atomic mass is 16.5. The van der Waals surface area contributed by atoms with Gasteiger partial charge in [0.25, 0.3) is 0 Å². The number of rotatable bonds is 8. The first kappa shape index (κ1) is 21.1. The van der Waals surface area contributed by atoms with E-state index < -0.39 is 0 Å². The predicted octanol–water partition coefficient (Wildman–Crippen LogP) is 2.45. The highest BCUT2D eigenvalue weighted by molar-refractivity contribution is 5.78. The van der Waals surface area contributed by atoms with Gasteiger partial charge in [0.1, 0.15) is 0 Å². The van der Waals surface area contributed by atoms with Gasteiger partial charge >= 0.3 is 0 Å². The topological polar surface area (TPSA) is 54.0 Å². The smallest absolute Gasteiger partial charge is 0.234 e. The summed E-state index contributed by atoms with van der Waals surface area (Å²) in [4.78, 5) is 16.9. The number of benzene rings is 2. The predicted molar refractivity (Wildman–Crippen MR) is 114 cm³/mol. The molecule has 0 saturated carbocycles. The molecule has 0 radical (unpaired) electrons. The van der Waals surface area contributed by atoms with Crippen LogP contribution in [-0.2, 0) is 17.9 Å². The molecule has 0 bridgehead atoms. The number of methoxy groups -OCH3 is 2. The fraction of sp³-hybridized carbons (Fsp3) is 0.435. The fourth-order valence-corrected chi connectivity index (χ4v) is 3.60. The highest BCUT2D eigenvalue weighted by Crippen LogP contribution is 2.28. The SMILES string of the molecule is COc1ccc(CN2CCN(CC(=O)NCc3ccccc3C)CC2)cc1OC. The first-order chi connectivity index (χ1) is 14.1. The zero-order valence-corrected chi connectivity index (χ0v) is 17.6. The zero-order chi connectivity index (χ0) is 20.6. The third kappa shape index (κ3) is 5.95. The van der Waals surface area contributed by atoms with Gasteiger partial charge in [0.2, 0.25) is 5.91 Å². The van der Waals surface area contributed by atoms with Gasteiger partial charge in [-0.3, -0.25) is 14.6 Å². The van der Waals surface area contributed by atoms with E-state index in [0.717, 1.165) is 44.2 Å². The van der Waals surface area contributed by atoms with Crippen LogP contribution in [0.3, 0.4) is 0 Å². The number of aryl methyl sites for hydroxylation is 1. The molecule has 2 aromatic rings. The molecule has 6 nitrogen and oxygen atoms in total. The molecule has 1 heterocycles. The zero-order valence-electron chi connectivity index (χ0n) is 17.6. The molecule has 1 fully saturated rings. The van der Waals surface area contributed by atoms with Crippen molar-refractivity contribution in [3.63, 3.8) is 0 Å². The summed E-state index contributed by atoms with van der Waals surface area (Å²) in [5.41, 5.74) is 3.57. The van der Waals surface area contributed by atoms with Crippen LogP contribution in [0.15, 0.2) is 42.5 Å². The lowest BCUT2D eigenvalue weighted by Gasteiger charge is -2.34. The van der Waals surface area contributed by atoms with Gasteiger partial charge in [-0.05, 0) is 35.7 Å². The van der Waals surface area contributed by atoms with E-state index in [1.54, 1.807) is 14.2 Å². The number of hydrogen-bond acceptors (Lipinski definition) is 5. The molecule has 1 aliphatic heterocycles. The van der Waals surface area contributed by atoms with E-state index in [0.29, 0.717) is 13.1 Å². The van der Waals surface area contributed by atoms with Crippen molar-refractivity contribution in [2.24, 2.45) is 0 Å². The standard InChI is InChI=1S/C23H31N3O3/c1-18-6-4-5-7-20(18)15-24-23(27)17-26-12-10-25(11-13-26)16-19-8-9-21(28-2)22(14-19)29-3/h4-9,14H,10-13,15-17H2,1-3H3,(H,24,27). The van der Waals surface area contributed by atoms with E-state index in [1.807, 2.05) is 24.3 Å². The Morgan fingerprint density at radius 1 is 0.966 bits per heavy atom. The van der Waals surface area contributed by atoms with Crippen molar-refractivity contribution >= 4 is 5.91 Å². The van der Waals surface area contributed by atoms with E-state index in [2.05, 4.69) is 40.2 Å². The minimum absolute atomic E-state index is 0.0848. The fourth-order valence-electron chi connectivity index (χ4n) is 3.60. The Bertz CT molecular complexity index is 817. The molecule has 3 rings (SSSR count). The molecule has 0 aliphatic carbocycles. The van der Waals surface area contributed by atoms with Gasteiger partial charge in [-0.2, -0.15) is 0 Å². The number of hydrogen-bond donors (Lipinski definition) is 1. The Labute approximate surface area is 173 Å². The number of nitrogens with one attached hydrogen (secondary N) is 1. The highest BCUT2D eigenvalue weighted by Gasteiger charge is 2.19. The Morgan fingerprint density at radius 2 is 1.66 bits per heavy atom. The number of amides is 1. The summed E-state index contributed by atoms with van der Waals surface area (Å²) >= 11 is 0. The normalized spacial score (nSPS) is 15.1. The summed E-state index contributed by atoms with van der Waals surface area (Å²) in [5, 5.41) is 3.04. The minimum Gasteiger partial charge on any atom is -0.493 e. The van der Waals surface area contributed by atoms with Crippen LogP contribution >= 0.6 is 0 Å². The lowest BCUT2D eigenvalue weighted by molar-refractivity contribution is -0.122. The summed E-state index contributed by atoms with van der Waals surface area (Å²) in [6.45, 7) is 7.66. The molecule has 6 heteroatoms. The number of carbonyl (C=O) groups excluding carboxylic acids is 1. The Hall–Kier alpha value is -2.57. The summed E-state index contributed by atoms with van der Waals surface area (Å²) in [5.74, 6) is 1.59. The van der Waals surface area contributed by atoms with Crippen LogP contribution in [0.25, 0.3) is 0 Å². The first-order valence-corrected chi connectivity index (χ1v) is 10.1. The van der Waals surface area contributed by atoms with Gasteiger partial charge in [0.05, 0.1) is 20.8 Å². The monoisotopic (exact) mass is 397 g/mol. The van der Waals surface area contributed by atoms with Crippen LogP contribution in [0.1, 0.15) is 16.7 Å². The van der Waals surface area contributed by atoms with Crippen LogP contribution in [0.2, 0.25) is 0 Å². The summed E-state index contributed by atoms with van der Waals surface area (Å²) in [6.07, 6.45) is 0. The maximum atomic E-state index is 12.3. The number of nitrogens with zero attached hydrogens (tertiary/aromatic N) is 2. The molecular formula is C23H31N3O3. The average Bonchev–Trinajstić information content (AvgIpc) is 2.74. The lowest BCUT2D eigenvalue weighted by Crippen LogP contribution is -2.49. The quantitative estimate of drug-likeness (QED) is 0.742. The van der Waals surface area contributed by atoms with Crippen molar-refractivity contribution in [1.29, 1.82) is 0 Å². The van der Waals surface area contributed by atoms with Crippen LogP contribution in [-0.4, -0.2) is 62.7 Å². The summed E-state index contributed by atoms with van der Waals surface area (Å²) < 4.78 is 10.7. The van der Waals surface area contributed by atoms with Crippen LogP contribution in [0.5, 0.6) is 11.5 Å². The van der Waals surface area contributed by atoms with Gasteiger partial charge in [0.15, 0.2) is 11.5 Å². The van der Waals surface area contributed by atoms with Gasteiger partial charge in [-0.1, -0.05) is 30.3 Å². The van der Waals surface area contributed by atoms with Crippen molar-refractivity contribution in [2.45, 2.75) is 20.0 Å². The Morgan fingerprint density at radius 3 is 2.34 bits per heavy atom. The van der Waals surface area contributed by atoms with E-state index in [9.17, 15) is 4.79 Å². The average molecular weight is 398 g/mol. The molecular weight excluding hydrogens is 366 g/mol. The lowest BCUT2D eigenvalue weighted by atomic mass is 10.1. The Balaban J connectivity index is 1.42.